The normalized spacial score (nSPS) is 12.3. The standard InChI is InChI=1S/C23H29F2N3O4S/c1-16(2)13-26-23(30)17(3)27(14-18-7-5-6-8-21(18)25)22(29)15-28(33(4,31)32)20-11-9-19(24)10-12-20/h5-12,16-17H,13-15H2,1-4H3,(H,26,30)/t17-/m1/s1. The van der Waals surface area contributed by atoms with Gasteiger partial charge in [-0.2, -0.15) is 0 Å². The Labute approximate surface area is 193 Å². The fourth-order valence-electron chi connectivity index (χ4n) is 3.07. The van der Waals surface area contributed by atoms with Crippen LogP contribution in [0.3, 0.4) is 0 Å². The van der Waals surface area contributed by atoms with E-state index in [-0.39, 0.29) is 23.7 Å². The molecule has 180 valence electrons. The van der Waals surface area contributed by atoms with Crippen LogP contribution in [0.2, 0.25) is 0 Å². The summed E-state index contributed by atoms with van der Waals surface area (Å²) >= 11 is 0. The summed E-state index contributed by atoms with van der Waals surface area (Å²) < 4.78 is 53.2. The number of sulfonamides is 1. The zero-order valence-electron chi connectivity index (χ0n) is 19.1. The van der Waals surface area contributed by atoms with Crippen molar-refractivity contribution in [2.75, 3.05) is 23.7 Å². The molecule has 0 aliphatic carbocycles. The van der Waals surface area contributed by atoms with Gasteiger partial charge < -0.3 is 10.2 Å². The van der Waals surface area contributed by atoms with Crippen molar-refractivity contribution in [3.8, 4) is 0 Å². The van der Waals surface area contributed by atoms with E-state index in [0.29, 0.717) is 6.54 Å². The van der Waals surface area contributed by atoms with Crippen LogP contribution in [0.5, 0.6) is 0 Å². The average Bonchev–Trinajstić information content (AvgIpc) is 2.74. The molecule has 2 aromatic carbocycles. The summed E-state index contributed by atoms with van der Waals surface area (Å²) in [6, 6.07) is 9.48. The summed E-state index contributed by atoms with van der Waals surface area (Å²) in [6.07, 6.45) is 0.920. The van der Waals surface area contributed by atoms with Gasteiger partial charge in [-0.1, -0.05) is 32.0 Å². The highest BCUT2D eigenvalue weighted by Gasteiger charge is 2.30. The number of hydrogen-bond acceptors (Lipinski definition) is 4. The molecule has 0 unspecified atom stereocenters. The lowest BCUT2D eigenvalue weighted by Gasteiger charge is -2.31. The van der Waals surface area contributed by atoms with E-state index in [0.717, 1.165) is 27.6 Å². The fraction of sp³-hybridized carbons (Fsp3) is 0.391. The number of amides is 2. The molecule has 2 rings (SSSR count). The molecule has 2 aromatic rings. The Morgan fingerprint density at radius 1 is 1.00 bits per heavy atom. The number of carbonyl (C=O) groups is 2. The third-order valence-electron chi connectivity index (χ3n) is 4.94. The molecule has 0 aliphatic rings. The molecule has 7 nitrogen and oxygen atoms in total. The van der Waals surface area contributed by atoms with Crippen LogP contribution in [0, 0.1) is 17.6 Å². The first kappa shape index (κ1) is 26.2. The van der Waals surface area contributed by atoms with Gasteiger partial charge in [-0.3, -0.25) is 13.9 Å². The van der Waals surface area contributed by atoms with E-state index >= 15 is 0 Å². The van der Waals surface area contributed by atoms with Gasteiger partial charge in [0.25, 0.3) is 0 Å². The number of rotatable bonds is 10. The van der Waals surface area contributed by atoms with Gasteiger partial charge in [0.15, 0.2) is 0 Å². The van der Waals surface area contributed by atoms with Gasteiger partial charge in [-0.05, 0) is 43.2 Å². The molecule has 0 aromatic heterocycles. The first-order valence-electron chi connectivity index (χ1n) is 10.4. The molecule has 0 radical (unpaired) electrons. The van der Waals surface area contributed by atoms with Crippen LogP contribution in [-0.2, 0) is 26.2 Å². The molecule has 0 bridgehead atoms. The van der Waals surface area contributed by atoms with Crippen LogP contribution in [-0.4, -0.2) is 50.5 Å². The second-order valence-corrected chi connectivity index (χ2v) is 10.1. The maximum atomic E-state index is 14.3. The Hall–Kier alpha value is -3.01. The zero-order chi connectivity index (χ0) is 24.8. The first-order chi connectivity index (χ1) is 15.4. The molecule has 0 saturated carbocycles. The fourth-order valence-corrected chi connectivity index (χ4v) is 3.92. The topological polar surface area (TPSA) is 86.8 Å². The summed E-state index contributed by atoms with van der Waals surface area (Å²) in [5.41, 5.74) is 0.275. The van der Waals surface area contributed by atoms with Gasteiger partial charge in [0.05, 0.1) is 11.9 Å². The molecule has 1 N–H and O–H groups in total. The van der Waals surface area contributed by atoms with E-state index < -0.39 is 46.1 Å². The number of benzene rings is 2. The van der Waals surface area contributed by atoms with Crippen molar-refractivity contribution in [2.24, 2.45) is 5.92 Å². The molecule has 0 heterocycles. The quantitative estimate of drug-likeness (QED) is 0.565. The minimum Gasteiger partial charge on any atom is -0.354 e. The Kier molecular flexibility index (Phi) is 8.92. The Morgan fingerprint density at radius 3 is 2.15 bits per heavy atom. The molecule has 0 aliphatic heterocycles. The van der Waals surface area contributed by atoms with Crippen molar-refractivity contribution in [3.05, 3.63) is 65.7 Å². The highest BCUT2D eigenvalue weighted by molar-refractivity contribution is 7.92. The lowest BCUT2D eigenvalue weighted by Crippen LogP contribution is -2.51. The molecule has 0 fully saturated rings. The average molecular weight is 482 g/mol. The van der Waals surface area contributed by atoms with Crippen molar-refractivity contribution in [1.29, 1.82) is 0 Å². The third-order valence-corrected chi connectivity index (χ3v) is 6.08. The Balaban J connectivity index is 2.36. The van der Waals surface area contributed by atoms with Crippen LogP contribution in [0.4, 0.5) is 14.5 Å². The van der Waals surface area contributed by atoms with Crippen LogP contribution in [0.25, 0.3) is 0 Å². The van der Waals surface area contributed by atoms with E-state index in [1.54, 1.807) is 6.07 Å². The van der Waals surface area contributed by atoms with Crippen molar-refractivity contribution < 1.29 is 26.8 Å². The molecule has 0 spiro atoms. The lowest BCUT2D eigenvalue weighted by molar-refractivity contribution is -0.139. The number of carbonyl (C=O) groups excluding carboxylic acids is 2. The molecule has 0 saturated heterocycles. The lowest BCUT2D eigenvalue weighted by atomic mass is 10.1. The number of halogens is 2. The van der Waals surface area contributed by atoms with E-state index in [1.165, 1.54) is 37.3 Å². The number of nitrogens with one attached hydrogen (secondary N) is 1. The number of nitrogens with zero attached hydrogens (tertiary/aromatic N) is 2. The molecular formula is C23H29F2N3O4S. The molecule has 10 heteroatoms. The molecular weight excluding hydrogens is 452 g/mol. The van der Waals surface area contributed by atoms with Crippen LogP contribution in [0.15, 0.2) is 48.5 Å². The smallest absolute Gasteiger partial charge is 0.244 e. The first-order valence-corrected chi connectivity index (χ1v) is 12.3. The van der Waals surface area contributed by atoms with Crippen molar-refractivity contribution in [2.45, 2.75) is 33.4 Å². The van der Waals surface area contributed by atoms with Crippen molar-refractivity contribution in [1.82, 2.24) is 10.2 Å². The number of hydrogen-bond donors (Lipinski definition) is 1. The van der Waals surface area contributed by atoms with Gasteiger partial charge in [-0.15, -0.1) is 0 Å². The van der Waals surface area contributed by atoms with Gasteiger partial charge in [0.2, 0.25) is 21.8 Å². The van der Waals surface area contributed by atoms with Gasteiger partial charge in [0.1, 0.15) is 24.2 Å². The highest BCUT2D eigenvalue weighted by atomic mass is 32.2. The van der Waals surface area contributed by atoms with Crippen LogP contribution >= 0.6 is 0 Å². The minimum absolute atomic E-state index is 0.0926. The maximum absolute atomic E-state index is 14.3. The highest BCUT2D eigenvalue weighted by Crippen LogP contribution is 2.20. The number of anilines is 1. The van der Waals surface area contributed by atoms with Crippen LogP contribution < -0.4 is 9.62 Å². The van der Waals surface area contributed by atoms with Gasteiger partial charge in [-0.25, -0.2) is 17.2 Å². The predicted molar refractivity (Wildman–Crippen MR) is 123 cm³/mol. The minimum atomic E-state index is -3.92. The maximum Gasteiger partial charge on any atom is 0.244 e. The summed E-state index contributed by atoms with van der Waals surface area (Å²) in [7, 11) is -3.92. The SMILES string of the molecule is CC(C)CNC(=O)[C@@H](C)N(Cc1ccccc1F)C(=O)CN(c1ccc(F)cc1)S(C)(=O)=O. The second kappa shape index (κ2) is 11.2. The second-order valence-electron chi connectivity index (χ2n) is 8.17. The molecule has 2 amide bonds. The van der Waals surface area contributed by atoms with E-state index in [4.69, 9.17) is 0 Å². The van der Waals surface area contributed by atoms with Gasteiger partial charge >= 0.3 is 0 Å². The Bertz CT molecular complexity index is 1080. The molecule has 33 heavy (non-hydrogen) atoms. The van der Waals surface area contributed by atoms with Crippen molar-refractivity contribution >= 4 is 27.5 Å². The summed E-state index contributed by atoms with van der Waals surface area (Å²) in [5.74, 6) is -2.09. The van der Waals surface area contributed by atoms with E-state index in [2.05, 4.69) is 5.32 Å². The largest absolute Gasteiger partial charge is 0.354 e. The third kappa shape index (κ3) is 7.52. The molecule has 1 atom stereocenters. The van der Waals surface area contributed by atoms with E-state index in [9.17, 15) is 26.8 Å². The van der Waals surface area contributed by atoms with E-state index in [1.807, 2.05) is 13.8 Å². The van der Waals surface area contributed by atoms with Crippen molar-refractivity contribution in [3.63, 3.8) is 0 Å². The summed E-state index contributed by atoms with van der Waals surface area (Å²) in [6.45, 7) is 4.84. The predicted octanol–water partition coefficient (Wildman–Crippen LogP) is 2.92. The monoisotopic (exact) mass is 481 g/mol. The Morgan fingerprint density at radius 2 is 1.61 bits per heavy atom. The zero-order valence-corrected chi connectivity index (χ0v) is 19.9. The van der Waals surface area contributed by atoms with Gasteiger partial charge in [0, 0.05) is 18.7 Å². The summed E-state index contributed by atoms with van der Waals surface area (Å²) in [4.78, 5) is 27.1. The van der Waals surface area contributed by atoms with Crippen LogP contribution in [0.1, 0.15) is 26.3 Å². The summed E-state index contributed by atoms with van der Waals surface area (Å²) in [5, 5.41) is 2.74.